The summed E-state index contributed by atoms with van der Waals surface area (Å²) >= 11 is 6.23. The first-order valence-corrected chi connectivity index (χ1v) is 5.79. The van der Waals surface area contributed by atoms with E-state index in [1.54, 1.807) is 7.05 Å². The lowest BCUT2D eigenvalue weighted by Gasteiger charge is -2.27. The maximum atomic E-state index is 6.23. The van der Waals surface area contributed by atoms with Crippen molar-refractivity contribution in [2.75, 3.05) is 0 Å². The molecule has 0 saturated heterocycles. The third-order valence-electron chi connectivity index (χ3n) is 2.75. The Labute approximate surface area is 94.2 Å². The van der Waals surface area contributed by atoms with Gasteiger partial charge in [-0.3, -0.25) is 0 Å². The van der Waals surface area contributed by atoms with Crippen LogP contribution in [0.5, 0.6) is 0 Å². The molecule has 0 radical (unpaired) electrons. The Kier molecular flexibility index (Phi) is 3.53. The van der Waals surface area contributed by atoms with E-state index in [4.69, 9.17) is 11.6 Å². The number of hydrogen-bond acceptors (Lipinski definition) is 4. The molecule has 0 aliphatic heterocycles. The van der Waals surface area contributed by atoms with Crippen LogP contribution < -0.4 is 5.32 Å². The van der Waals surface area contributed by atoms with Gasteiger partial charge in [-0.2, -0.15) is 4.80 Å². The van der Waals surface area contributed by atoms with E-state index >= 15 is 0 Å². The molecule has 1 saturated carbocycles. The van der Waals surface area contributed by atoms with Crippen LogP contribution in [-0.4, -0.2) is 31.6 Å². The van der Waals surface area contributed by atoms with Crippen LogP contribution in [0.25, 0.3) is 0 Å². The molecule has 6 heteroatoms. The lowest BCUT2D eigenvalue weighted by Crippen LogP contribution is -2.39. The maximum absolute atomic E-state index is 6.23. The lowest BCUT2D eigenvalue weighted by molar-refractivity contribution is 0.375. The second-order valence-electron chi connectivity index (χ2n) is 3.98. The zero-order chi connectivity index (χ0) is 10.7. The molecule has 0 spiro atoms. The molecular weight excluding hydrogens is 214 g/mol. The third kappa shape index (κ3) is 2.89. The second kappa shape index (κ2) is 4.90. The van der Waals surface area contributed by atoms with E-state index in [9.17, 15) is 0 Å². The first kappa shape index (κ1) is 10.8. The van der Waals surface area contributed by atoms with E-state index in [2.05, 4.69) is 20.7 Å². The normalized spacial score (nSPS) is 26.8. The number of aromatic nitrogens is 4. The fourth-order valence-corrected chi connectivity index (χ4v) is 2.30. The van der Waals surface area contributed by atoms with Crippen LogP contribution in [0.3, 0.4) is 0 Å². The monoisotopic (exact) mass is 229 g/mol. The van der Waals surface area contributed by atoms with Gasteiger partial charge in [-0.05, 0) is 18.1 Å². The largest absolute Gasteiger partial charge is 0.305 e. The number of nitrogens with one attached hydrogen (secondary N) is 1. The Morgan fingerprint density at radius 1 is 1.47 bits per heavy atom. The van der Waals surface area contributed by atoms with Gasteiger partial charge in [0.15, 0.2) is 5.82 Å². The molecule has 2 unspecified atom stereocenters. The van der Waals surface area contributed by atoms with Gasteiger partial charge in [-0.25, -0.2) is 0 Å². The van der Waals surface area contributed by atoms with E-state index in [1.165, 1.54) is 17.6 Å². The molecular formula is C9H16ClN5. The number of rotatable bonds is 3. The predicted octanol–water partition coefficient (Wildman–Crippen LogP) is 0.850. The lowest BCUT2D eigenvalue weighted by atomic mass is 9.95. The summed E-state index contributed by atoms with van der Waals surface area (Å²) < 4.78 is 0. The topological polar surface area (TPSA) is 55.6 Å². The summed E-state index contributed by atoms with van der Waals surface area (Å²) in [5.74, 6) is 0.729. The maximum Gasteiger partial charge on any atom is 0.188 e. The highest BCUT2D eigenvalue weighted by Crippen LogP contribution is 2.22. The summed E-state index contributed by atoms with van der Waals surface area (Å²) in [5.41, 5.74) is 0. The first-order chi connectivity index (χ1) is 7.25. The van der Waals surface area contributed by atoms with Gasteiger partial charge in [0, 0.05) is 11.4 Å². The van der Waals surface area contributed by atoms with Crippen LogP contribution in [0.4, 0.5) is 0 Å². The fourth-order valence-electron chi connectivity index (χ4n) is 1.93. The highest BCUT2D eigenvalue weighted by atomic mass is 35.5. The van der Waals surface area contributed by atoms with Crippen molar-refractivity contribution >= 4 is 11.6 Å². The average molecular weight is 230 g/mol. The molecule has 2 rings (SSSR count). The van der Waals surface area contributed by atoms with Gasteiger partial charge in [0.1, 0.15) is 0 Å². The van der Waals surface area contributed by atoms with Crippen molar-refractivity contribution in [2.45, 2.75) is 43.6 Å². The molecule has 5 nitrogen and oxygen atoms in total. The summed E-state index contributed by atoms with van der Waals surface area (Å²) in [6, 6.07) is 0.393. The number of alkyl halides is 1. The van der Waals surface area contributed by atoms with Gasteiger partial charge >= 0.3 is 0 Å². The van der Waals surface area contributed by atoms with Gasteiger partial charge in [0.25, 0.3) is 0 Å². The van der Waals surface area contributed by atoms with Gasteiger partial charge in [0.2, 0.25) is 0 Å². The van der Waals surface area contributed by atoms with Crippen molar-refractivity contribution in [3.8, 4) is 0 Å². The molecule has 2 atom stereocenters. The SMILES string of the molecule is Cn1nnc(CNC2CCCCC2Cl)n1. The van der Waals surface area contributed by atoms with Crippen LogP contribution in [0.15, 0.2) is 0 Å². The molecule has 84 valence electrons. The summed E-state index contributed by atoms with van der Waals surface area (Å²) in [5, 5.41) is 15.4. The van der Waals surface area contributed by atoms with Crippen molar-refractivity contribution in [3.63, 3.8) is 0 Å². The number of tetrazole rings is 1. The zero-order valence-corrected chi connectivity index (χ0v) is 9.61. The molecule has 0 amide bonds. The van der Waals surface area contributed by atoms with Gasteiger partial charge in [0.05, 0.1) is 13.6 Å². The highest BCUT2D eigenvalue weighted by molar-refractivity contribution is 6.21. The molecule has 1 aromatic heterocycles. The summed E-state index contributed by atoms with van der Waals surface area (Å²) in [4.78, 5) is 1.47. The predicted molar refractivity (Wildman–Crippen MR) is 57.5 cm³/mol. The van der Waals surface area contributed by atoms with Gasteiger partial charge in [-0.1, -0.05) is 12.8 Å². The van der Waals surface area contributed by atoms with Crippen LogP contribution in [0.2, 0.25) is 0 Å². The molecule has 1 N–H and O–H groups in total. The van der Waals surface area contributed by atoms with Crippen LogP contribution in [0, 0.1) is 0 Å². The Hall–Kier alpha value is -0.680. The number of hydrogen-bond donors (Lipinski definition) is 1. The van der Waals surface area contributed by atoms with Crippen LogP contribution in [0.1, 0.15) is 31.5 Å². The smallest absolute Gasteiger partial charge is 0.188 e. The quantitative estimate of drug-likeness (QED) is 0.781. The summed E-state index contributed by atoms with van der Waals surface area (Å²) in [6.07, 6.45) is 4.76. The standard InChI is InChI=1S/C9H16ClN5/c1-15-13-9(12-14-15)6-11-8-5-3-2-4-7(8)10/h7-8,11H,2-6H2,1H3. The van der Waals surface area contributed by atoms with E-state index in [1.807, 2.05) is 0 Å². The first-order valence-electron chi connectivity index (χ1n) is 5.36. The molecule has 1 fully saturated rings. The van der Waals surface area contributed by atoms with Crippen molar-refractivity contribution < 1.29 is 0 Å². The van der Waals surface area contributed by atoms with Crippen molar-refractivity contribution in [2.24, 2.45) is 7.05 Å². The van der Waals surface area contributed by atoms with Gasteiger partial charge in [-0.15, -0.1) is 21.8 Å². The van der Waals surface area contributed by atoms with E-state index in [0.29, 0.717) is 12.6 Å². The van der Waals surface area contributed by atoms with Crippen molar-refractivity contribution in [1.29, 1.82) is 0 Å². The molecule has 0 aromatic carbocycles. The number of nitrogens with zero attached hydrogens (tertiary/aromatic N) is 4. The van der Waals surface area contributed by atoms with Gasteiger partial charge < -0.3 is 5.32 Å². The third-order valence-corrected chi connectivity index (χ3v) is 3.28. The average Bonchev–Trinajstić information content (AvgIpc) is 2.63. The molecule has 15 heavy (non-hydrogen) atoms. The zero-order valence-electron chi connectivity index (χ0n) is 8.86. The molecule has 1 aliphatic rings. The Morgan fingerprint density at radius 2 is 2.27 bits per heavy atom. The van der Waals surface area contributed by atoms with Crippen LogP contribution >= 0.6 is 11.6 Å². The van der Waals surface area contributed by atoms with E-state index < -0.39 is 0 Å². The number of aryl methyl sites for hydroxylation is 1. The molecule has 1 aromatic rings. The Bertz CT molecular complexity index is 313. The molecule has 0 bridgehead atoms. The molecule has 1 heterocycles. The Balaban J connectivity index is 1.81. The highest BCUT2D eigenvalue weighted by Gasteiger charge is 2.22. The minimum Gasteiger partial charge on any atom is -0.305 e. The molecule has 1 aliphatic carbocycles. The van der Waals surface area contributed by atoms with Crippen molar-refractivity contribution in [3.05, 3.63) is 5.82 Å². The fraction of sp³-hybridized carbons (Fsp3) is 0.889. The summed E-state index contributed by atoms with van der Waals surface area (Å²) in [7, 11) is 1.77. The van der Waals surface area contributed by atoms with Crippen molar-refractivity contribution in [1.82, 2.24) is 25.5 Å². The summed E-state index contributed by atoms with van der Waals surface area (Å²) in [6.45, 7) is 0.654. The minimum absolute atomic E-state index is 0.246. The Morgan fingerprint density at radius 3 is 2.93 bits per heavy atom. The number of halogens is 1. The van der Waals surface area contributed by atoms with E-state index in [0.717, 1.165) is 18.7 Å². The van der Waals surface area contributed by atoms with Crippen LogP contribution in [-0.2, 0) is 13.6 Å². The van der Waals surface area contributed by atoms with E-state index in [-0.39, 0.29) is 5.38 Å². The minimum atomic E-state index is 0.246. The second-order valence-corrected chi connectivity index (χ2v) is 4.54.